The van der Waals surface area contributed by atoms with Gasteiger partial charge in [-0.1, -0.05) is 0 Å². The van der Waals surface area contributed by atoms with Crippen LogP contribution in [0.15, 0.2) is 6.07 Å². The van der Waals surface area contributed by atoms with Gasteiger partial charge in [0.05, 0.1) is 7.11 Å². The standard InChI is InChI=1S/C16H28N2O/c1-10-9-14(19-6)11(2)12(3)15(10)13(17)7-8-16(4,5)18/h9,13H,7-8,17-18H2,1-6H3. The molecular weight excluding hydrogens is 236 g/mol. The highest BCUT2D eigenvalue weighted by Crippen LogP contribution is 2.32. The van der Waals surface area contributed by atoms with Crippen LogP contribution >= 0.6 is 0 Å². The molecule has 1 aromatic carbocycles. The Kier molecular flexibility index (Phi) is 4.99. The fourth-order valence-electron chi connectivity index (χ4n) is 2.52. The van der Waals surface area contributed by atoms with E-state index in [0.717, 1.165) is 18.6 Å². The Bertz CT molecular complexity index is 447. The quantitative estimate of drug-likeness (QED) is 0.859. The van der Waals surface area contributed by atoms with Gasteiger partial charge in [0.2, 0.25) is 0 Å². The number of hydrogen-bond donors (Lipinski definition) is 2. The van der Waals surface area contributed by atoms with Crippen molar-refractivity contribution in [1.29, 1.82) is 0 Å². The first-order chi connectivity index (χ1) is 8.67. The first-order valence-corrected chi connectivity index (χ1v) is 6.86. The second kappa shape index (κ2) is 5.93. The van der Waals surface area contributed by atoms with Gasteiger partial charge in [-0.3, -0.25) is 0 Å². The predicted molar refractivity (Wildman–Crippen MR) is 81.6 cm³/mol. The lowest BCUT2D eigenvalue weighted by Crippen LogP contribution is -2.33. The minimum absolute atomic E-state index is 0.0347. The summed E-state index contributed by atoms with van der Waals surface area (Å²) in [6.07, 6.45) is 1.81. The van der Waals surface area contributed by atoms with Gasteiger partial charge in [-0.15, -0.1) is 0 Å². The highest BCUT2D eigenvalue weighted by Gasteiger charge is 2.19. The van der Waals surface area contributed by atoms with Crippen LogP contribution in [0.25, 0.3) is 0 Å². The monoisotopic (exact) mass is 264 g/mol. The van der Waals surface area contributed by atoms with E-state index < -0.39 is 0 Å². The minimum atomic E-state index is -0.166. The third kappa shape index (κ3) is 3.95. The molecule has 0 aromatic heterocycles. The third-order valence-electron chi connectivity index (χ3n) is 3.80. The molecule has 0 heterocycles. The second-order valence-corrected chi connectivity index (χ2v) is 6.19. The number of nitrogens with two attached hydrogens (primary N) is 2. The molecule has 0 saturated heterocycles. The molecule has 0 amide bonds. The van der Waals surface area contributed by atoms with E-state index in [-0.39, 0.29) is 11.6 Å². The molecule has 3 nitrogen and oxygen atoms in total. The lowest BCUT2D eigenvalue weighted by atomic mass is 9.88. The Morgan fingerprint density at radius 3 is 2.26 bits per heavy atom. The van der Waals surface area contributed by atoms with Crippen LogP contribution in [0.3, 0.4) is 0 Å². The molecule has 0 aliphatic carbocycles. The molecular formula is C16H28N2O. The summed E-state index contributed by atoms with van der Waals surface area (Å²) in [6.45, 7) is 10.4. The summed E-state index contributed by atoms with van der Waals surface area (Å²) in [5, 5.41) is 0. The van der Waals surface area contributed by atoms with E-state index in [1.165, 1.54) is 22.3 Å². The number of methoxy groups -OCH3 is 1. The van der Waals surface area contributed by atoms with Gasteiger partial charge < -0.3 is 16.2 Å². The first-order valence-electron chi connectivity index (χ1n) is 6.86. The lowest BCUT2D eigenvalue weighted by molar-refractivity contribution is 0.409. The second-order valence-electron chi connectivity index (χ2n) is 6.19. The Hall–Kier alpha value is -1.06. The van der Waals surface area contributed by atoms with Crippen LogP contribution < -0.4 is 16.2 Å². The van der Waals surface area contributed by atoms with Gasteiger partial charge in [0.1, 0.15) is 5.75 Å². The van der Waals surface area contributed by atoms with E-state index in [1.807, 2.05) is 13.8 Å². The zero-order valence-electron chi connectivity index (χ0n) is 13.1. The van der Waals surface area contributed by atoms with Gasteiger partial charge in [-0.05, 0) is 75.8 Å². The largest absolute Gasteiger partial charge is 0.496 e. The summed E-state index contributed by atoms with van der Waals surface area (Å²) in [5.41, 5.74) is 17.1. The topological polar surface area (TPSA) is 61.3 Å². The molecule has 1 rings (SSSR count). The molecule has 4 N–H and O–H groups in total. The number of ether oxygens (including phenoxy) is 1. The smallest absolute Gasteiger partial charge is 0.122 e. The minimum Gasteiger partial charge on any atom is -0.496 e. The van der Waals surface area contributed by atoms with Crippen molar-refractivity contribution in [1.82, 2.24) is 0 Å². The van der Waals surface area contributed by atoms with E-state index >= 15 is 0 Å². The zero-order valence-corrected chi connectivity index (χ0v) is 13.1. The average molecular weight is 264 g/mol. The number of hydrogen-bond acceptors (Lipinski definition) is 3. The molecule has 0 aliphatic heterocycles. The van der Waals surface area contributed by atoms with Crippen molar-refractivity contribution >= 4 is 0 Å². The maximum atomic E-state index is 6.37. The van der Waals surface area contributed by atoms with Crippen LogP contribution in [-0.2, 0) is 0 Å². The molecule has 0 aliphatic rings. The summed E-state index contributed by atoms with van der Waals surface area (Å²) in [4.78, 5) is 0. The zero-order chi connectivity index (χ0) is 14.8. The third-order valence-corrected chi connectivity index (χ3v) is 3.80. The van der Waals surface area contributed by atoms with Crippen molar-refractivity contribution in [3.05, 3.63) is 28.3 Å². The van der Waals surface area contributed by atoms with Gasteiger partial charge in [0.25, 0.3) is 0 Å². The van der Waals surface area contributed by atoms with E-state index in [1.54, 1.807) is 7.11 Å². The fraction of sp³-hybridized carbons (Fsp3) is 0.625. The van der Waals surface area contributed by atoms with Crippen LogP contribution in [0, 0.1) is 20.8 Å². The molecule has 0 radical (unpaired) electrons. The molecule has 3 heteroatoms. The van der Waals surface area contributed by atoms with Gasteiger partial charge >= 0.3 is 0 Å². The van der Waals surface area contributed by atoms with Gasteiger partial charge in [-0.25, -0.2) is 0 Å². The highest BCUT2D eigenvalue weighted by atomic mass is 16.5. The Balaban J connectivity index is 3.04. The maximum absolute atomic E-state index is 6.37. The molecule has 108 valence electrons. The van der Waals surface area contributed by atoms with Crippen molar-refractivity contribution in [2.24, 2.45) is 11.5 Å². The van der Waals surface area contributed by atoms with Crippen molar-refractivity contribution in [2.75, 3.05) is 7.11 Å². The summed E-state index contributed by atoms with van der Waals surface area (Å²) >= 11 is 0. The first kappa shape index (κ1) is 16.0. The van der Waals surface area contributed by atoms with Crippen molar-refractivity contribution in [3.63, 3.8) is 0 Å². The van der Waals surface area contributed by atoms with Crippen LogP contribution in [0.5, 0.6) is 5.75 Å². The lowest BCUT2D eigenvalue weighted by Gasteiger charge is -2.24. The molecule has 1 aromatic rings. The van der Waals surface area contributed by atoms with Crippen LogP contribution in [0.1, 0.15) is 55.0 Å². The molecule has 0 bridgehead atoms. The molecule has 1 atom stereocenters. The number of aryl methyl sites for hydroxylation is 1. The fourth-order valence-corrected chi connectivity index (χ4v) is 2.52. The van der Waals surface area contributed by atoms with Crippen LogP contribution in [-0.4, -0.2) is 12.6 Å². The van der Waals surface area contributed by atoms with E-state index in [0.29, 0.717) is 0 Å². The van der Waals surface area contributed by atoms with Crippen molar-refractivity contribution < 1.29 is 4.74 Å². The molecule has 1 unspecified atom stereocenters. The number of benzene rings is 1. The van der Waals surface area contributed by atoms with Gasteiger partial charge in [0, 0.05) is 11.6 Å². The Labute approximate surface area is 117 Å². The average Bonchev–Trinajstić information content (AvgIpc) is 2.30. The SMILES string of the molecule is COc1cc(C)c(C(N)CCC(C)(C)N)c(C)c1C. The molecule has 19 heavy (non-hydrogen) atoms. The molecule has 0 spiro atoms. The summed E-state index contributed by atoms with van der Waals surface area (Å²) in [7, 11) is 1.71. The van der Waals surface area contributed by atoms with E-state index in [4.69, 9.17) is 16.2 Å². The Morgan fingerprint density at radius 1 is 1.21 bits per heavy atom. The summed E-state index contributed by atoms with van der Waals surface area (Å²) in [6, 6.07) is 2.11. The predicted octanol–water partition coefficient (Wildman–Crippen LogP) is 3.14. The number of rotatable bonds is 5. The van der Waals surface area contributed by atoms with Crippen LogP contribution in [0.2, 0.25) is 0 Å². The van der Waals surface area contributed by atoms with Crippen molar-refractivity contribution in [2.45, 2.75) is 59.0 Å². The summed E-state index contributed by atoms with van der Waals surface area (Å²) < 4.78 is 5.39. The molecule has 0 fully saturated rings. The normalized spacial score (nSPS) is 13.5. The maximum Gasteiger partial charge on any atom is 0.122 e. The van der Waals surface area contributed by atoms with E-state index in [2.05, 4.69) is 26.8 Å². The molecule has 0 saturated carbocycles. The highest BCUT2D eigenvalue weighted by molar-refractivity contribution is 5.49. The van der Waals surface area contributed by atoms with Crippen LogP contribution in [0.4, 0.5) is 0 Å². The van der Waals surface area contributed by atoms with Crippen molar-refractivity contribution in [3.8, 4) is 5.75 Å². The van der Waals surface area contributed by atoms with Gasteiger partial charge in [0.15, 0.2) is 0 Å². The Morgan fingerprint density at radius 2 is 1.79 bits per heavy atom. The van der Waals surface area contributed by atoms with E-state index in [9.17, 15) is 0 Å². The summed E-state index contributed by atoms with van der Waals surface area (Å²) in [5.74, 6) is 0.935. The van der Waals surface area contributed by atoms with Gasteiger partial charge in [-0.2, -0.15) is 0 Å².